The van der Waals surface area contributed by atoms with Gasteiger partial charge in [-0.15, -0.1) is 16.8 Å². The van der Waals surface area contributed by atoms with Gasteiger partial charge in [0.25, 0.3) is 0 Å². The van der Waals surface area contributed by atoms with Crippen LogP contribution < -0.4 is 11.1 Å². The lowest BCUT2D eigenvalue weighted by Crippen LogP contribution is -2.15. The maximum atomic E-state index is 12.1. The van der Waals surface area contributed by atoms with Crippen molar-refractivity contribution in [3.63, 3.8) is 0 Å². The number of hydrogen-bond acceptors (Lipinski definition) is 5. The molecule has 2 rings (SSSR count). The molecule has 0 unspecified atom stereocenters. The van der Waals surface area contributed by atoms with E-state index < -0.39 is 0 Å². The number of nitrogens with one attached hydrogen (secondary N) is 1. The van der Waals surface area contributed by atoms with Gasteiger partial charge in [-0.05, 0) is 23.6 Å². The number of allylic oxidation sites excluding steroid dienone is 1. The second kappa shape index (κ2) is 7.82. The van der Waals surface area contributed by atoms with Crippen molar-refractivity contribution in [1.82, 2.24) is 14.8 Å². The number of rotatable bonds is 7. The van der Waals surface area contributed by atoms with E-state index in [9.17, 15) is 4.79 Å². The first-order valence-corrected chi connectivity index (χ1v) is 8.32. The van der Waals surface area contributed by atoms with Gasteiger partial charge in [0.05, 0.1) is 5.75 Å². The van der Waals surface area contributed by atoms with Crippen molar-refractivity contribution in [1.29, 1.82) is 0 Å². The van der Waals surface area contributed by atoms with E-state index in [0.29, 0.717) is 23.6 Å². The van der Waals surface area contributed by atoms with Crippen LogP contribution in [0.15, 0.2) is 42.1 Å². The summed E-state index contributed by atoms with van der Waals surface area (Å²) in [6.07, 6.45) is 1.71. The van der Waals surface area contributed by atoms with Crippen LogP contribution in [0.4, 0.5) is 11.6 Å². The number of carbonyl (C=O) groups is 1. The molecular weight excluding hydrogens is 310 g/mol. The molecule has 0 saturated carbocycles. The first-order valence-electron chi connectivity index (χ1n) is 7.33. The molecule has 1 aromatic carbocycles. The summed E-state index contributed by atoms with van der Waals surface area (Å²) in [6, 6.07) is 7.87. The number of benzene rings is 1. The Morgan fingerprint density at radius 3 is 2.96 bits per heavy atom. The van der Waals surface area contributed by atoms with Gasteiger partial charge in [-0.1, -0.05) is 43.8 Å². The highest BCUT2D eigenvalue weighted by Gasteiger charge is 2.11. The number of carbonyl (C=O) groups excluding carboxylic acids is 1. The van der Waals surface area contributed by atoms with Crippen molar-refractivity contribution in [2.75, 3.05) is 16.8 Å². The average molecular weight is 331 g/mol. The summed E-state index contributed by atoms with van der Waals surface area (Å²) in [6.45, 7) is 8.42. The smallest absolute Gasteiger partial charge is 0.234 e. The van der Waals surface area contributed by atoms with Crippen molar-refractivity contribution in [3.8, 4) is 0 Å². The van der Waals surface area contributed by atoms with Crippen molar-refractivity contribution in [2.24, 2.45) is 0 Å². The third kappa shape index (κ3) is 4.59. The Labute approximate surface area is 140 Å². The number of aromatic nitrogens is 3. The van der Waals surface area contributed by atoms with E-state index in [-0.39, 0.29) is 11.7 Å². The van der Waals surface area contributed by atoms with Gasteiger partial charge in [-0.2, -0.15) is 0 Å². The van der Waals surface area contributed by atoms with E-state index in [2.05, 4.69) is 42.0 Å². The van der Waals surface area contributed by atoms with Crippen LogP contribution in [0.25, 0.3) is 0 Å². The SMILES string of the molecule is C=CCn1c(N)nnc1SCC(=O)Nc1cccc(C(C)C)c1. The fourth-order valence-corrected chi connectivity index (χ4v) is 2.77. The summed E-state index contributed by atoms with van der Waals surface area (Å²) in [5.41, 5.74) is 7.72. The van der Waals surface area contributed by atoms with Crippen molar-refractivity contribution < 1.29 is 4.79 Å². The second-order valence-electron chi connectivity index (χ2n) is 5.36. The minimum absolute atomic E-state index is 0.0948. The maximum absolute atomic E-state index is 12.1. The lowest BCUT2D eigenvalue weighted by Gasteiger charge is -2.09. The minimum atomic E-state index is -0.0948. The van der Waals surface area contributed by atoms with E-state index in [1.54, 1.807) is 10.6 Å². The summed E-state index contributed by atoms with van der Waals surface area (Å²) < 4.78 is 1.71. The highest BCUT2D eigenvalue weighted by atomic mass is 32.2. The first kappa shape index (κ1) is 17.1. The number of amides is 1. The van der Waals surface area contributed by atoms with E-state index >= 15 is 0 Å². The number of thioether (sulfide) groups is 1. The fraction of sp³-hybridized carbons (Fsp3) is 0.312. The van der Waals surface area contributed by atoms with E-state index in [0.717, 1.165) is 5.69 Å². The maximum Gasteiger partial charge on any atom is 0.234 e. The molecule has 122 valence electrons. The average Bonchev–Trinajstić information content (AvgIpc) is 2.86. The Bertz CT molecular complexity index is 696. The molecular formula is C16H21N5OS. The van der Waals surface area contributed by atoms with Gasteiger partial charge in [0.2, 0.25) is 11.9 Å². The molecule has 0 spiro atoms. The number of nitrogens with zero attached hydrogens (tertiary/aromatic N) is 3. The lowest BCUT2D eigenvalue weighted by molar-refractivity contribution is -0.113. The summed E-state index contributed by atoms with van der Waals surface area (Å²) >= 11 is 1.30. The third-order valence-corrected chi connectivity index (χ3v) is 4.19. The highest BCUT2D eigenvalue weighted by Crippen LogP contribution is 2.20. The highest BCUT2D eigenvalue weighted by molar-refractivity contribution is 7.99. The van der Waals surface area contributed by atoms with Crippen LogP contribution in [0.3, 0.4) is 0 Å². The molecule has 0 saturated heterocycles. The third-order valence-electron chi connectivity index (χ3n) is 3.23. The Morgan fingerprint density at radius 2 is 2.26 bits per heavy atom. The molecule has 0 fully saturated rings. The van der Waals surface area contributed by atoms with Gasteiger partial charge >= 0.3 is 0 Å². The monoisotopic (exact) mass is 331 g/mol. The Hall–Kier alpha value is -2.28. The van der Waals surface area contributed by atoms with Crippen LogP contribution in [-0.4, -0.2) is 26.4 Å². The van der Waals surface area contributed by atoms with Gasteiger partial charge in [0.15, 0.2) is 5.16 Å². The van der Waals surface area contributed by atoms with Gasteiger partial charge in [0.1, 0.15) is 0 Å². The van der Waals surface area contributed by atoms with Gasteiger partial charge < -0.3 is 11.1 Å². The largest absolute Gasteiger partial charge is 0.368 e. The Balaban J connectivity index is 1.95. The van der Waals surface area contributed by atoms with Crippen molar-refractivity contribution >= 4 is 29.3 Å². The zero-order chi connectivity index (χ0) is 16.8. The molecule has 1 amide bonds. The topological polar surface area (TPSA) is 85.8 Å². The predicted octanol–water partition coefficient (Wildman–Crippen LogP) is 2.90. The lowest BCUT2D eigenvalue weighted by atomic mass is 10.0. The van der Waals surface area contributed by atoms with Gasteiger partial charge in [0, 0.05) is 12.2 Å². The van der Waals surface area contributed by atoms with E-state index in [1.165, 1.54) is 17.3 Å². The number of anilines is 2. The Kier molecular flexibility index (Phi) is 5.81. The van der Waals surface area contributed by atoms with Crippen LogP contribution in [-0.2, 0) is 11.3 Å². The molecule has 0 atom stereocenters. The summed E-state index contributed by atoms with van der Waals surface area (Å²) in [5, 5.41) is 11.3. The summed E-state index contributed by atoms with van der Waals surface area (Å²) in [4.78, 5) is 12.1. The van der Waals surface area contributed by atoms with Crippen LogP contribution in [0.1, 0.15) is 25.3 Å². The number of hydrogen-bond donors (Lipinski definition) is 2. The van der Waals surface area contributed by atoms with Crippen molar-refractivity contribution in [2.45, 2.75) is 31.5 Å². The fourth-order valence-electron chi connectivity index (χ4n) is 2.01. The second-order valence-corrected chi connectivity index (χ2v) is 6.30. The number of nitrogens with two attached hydrogens (primary N) is 1. The summed E-state index contributed by atoms with van der Waals surface area (Å²) in [5.74, 6) is 0.878. The Morgan fingerprint density at radius 1 is 1.48 bits per heavy atom. The quantitative estimate of drug-likeness (QED) is 0.602. The molecule has 0 bridgehead atoms. The van der Waals surface area contributed by atoms with Crippen molar-refractivity contribution in [3.05, 3.63) is 42.5 Å². The molecule has 23 heavy (non-hydrogen) atoms. The normalized spacial score (nSPS) is 10.7. The van der Waals surface area contributed by atoms with Crippen LogP contribution >= 0.6 is 11.8 Å². The minimum Gasteiger partial charge on any atom is -0.368 e. The summed E-state index contributed by atoms with van der Waals surface area (Å²) in [7, 11) is 0. The molecule has 7 heteroatoms. The van der Waals surface area contributed by atoms with Gasteiger partial charge in [-0.3, -0.25) is 9.36 Å². The molecule has 1 aromatic heterocycles. The van der Waals surface area contributed by atoms with Crippen LogP contribution in [0.5, 0.6) is 0 Å². The molecule has 0 aliphatic heterocycles. The standard InChI is InChI=1S/C16H21N5OS/c1-4-8-21-15(17)19-20-16(21)23-10-14(22)18-13-7-5-6-12(9-13)11(2)3/h4-7,9,11H,1,8,10H2,2-3H3,(H2,17,19)(H,18,22). The molecule has 3 N–H and O–H groups in total. The van der Waals surface area contributed by atoms with Crippen LogP contribution in [0.2, 0.25) is 0 Å². The van der Waals surface area contributed by atoms with Gasteiger partial charge in [-0.25, -0.2) is 0 Å². The molecule has 0 aliphatic rings. The molecule has 6 nitrogen and oxygen atoms in total. The molecule has 0 radical (unpaired) electrons. The molecule has 0 aliphatic carbocycles. The van der Waals surface area contributed by atoms with E-state index in [1.807, 2.05) is 18.2 Å². The van der Waals surface area contributed by atoms with Crippen LogP contribution in [0, 0.1) is 0 Å². The van der Waals surface area contributed by atoms with E-state index in [4.69, 9.17) is 5.73 Å². The number of nitrogen functional groups attached to an aromatic ring is 1. The first-order chi connectivity index (χ1) is 11.0. The molecule has 2 aromatic rings. The zero-order valence-corrected chi connectivity index (χ0v) is 14.1. The molecule has 1 heterocycles. The zero-order valence-electron chi connectivity index (χ0n) is 13.3. The predicted molar refractivity (Wildman–Crippen MR) is 94.5 cm³/mol.